The average Bonchev–Trinajstić information content (AvgIpc) is 2.89. The van der Waals surface area contributed by atoms with Gasteiger partial charge >= 0.3 is 12.2 Å². The van der Waals surface area contributed by atoms with Gasteiger partial charge in [0.2, 0.25) is 11.8 Å². The topological polar surface area (TPSA) is 131 Å². The van der Waals surface area contributed by atoms with Crippen molar-refractivity contribution >= 4 is 29.2 Å². The number of nitrogens with zero attached hydrogens (tertiary/aromatic N) is 1. The van der Waals surface area contributed by atoms with E-state index in [2.05, 4.69) is 10.6 Å². The van der Waals surface area contributed by atoms with Crippen LogP contribution in [-0.2, 0) is 28.7 Å². The van der Waals surface area contributed by atoms with Crippen LogP contribution in [0.1, 0.15) is 48.1 Å². The zero-order valence-corrected chi connectivity index (χ0v) is 21.8. The first kappa shape index (κ1) is 28.5. The molecule has 0 aromatic heterocycles. The highest BCUT2D eigenvalue weighted by Crippen LogP contribution is 2.35. The highest BCUT2D eigenvalue weighted by Gasteiger charge is 2.30. The highest BCUT2D eigenvalue weighted by molar-refractivity contribution is 5.88. The van der Waals surface area contributed by atoms with Crippen LogP contribution in [0.5, 0.6) is 0 Å². The van der Waals surface area contributed by atoms with Crippen molar-refractivity contribution in [2.24, 2.45) is 5.73 Å². The second-order valence-electron chi connectivity index (χ2n) is 9.77. The van der Waals surface area contributed by atoms with Crippen LogP contribution in [0.3, 0.4) is 0 Å². The molecule has 0 spiro atoms. The van der Waals surface area contributed by atoms with Crippen molar-refractivity contribution in [3.63, 3.8) is 0 Å². The molecule has 0 saturated carbocycles. The lowest BCUT2D eigenvalue weighted by atomic mass is 9.89. The molecule has 6 N–H and O–H groups in total. The second kappa shape index (κ2) is 11.7. The van der Waals surface area contributed by atoms with Gasteiger partial charge < -0.3 is 27.0 Å². The van der Waals surface area contributed by atoms with Gasteiger partial charge in [-0.05, 0) is 77.1 Å². The smallest absolute Gasteiger partial charge is 0.399 e. The summed E-state index contributed by atoms with van der Waals surface area (Å²) in [6.45, 7) is 2.00. The predicted octanol–water partition coefficient (Wildman–Crippen LogP) is 4.99. The zero-order chi connectivity index (χ0) is 29.0. The molecule has 1 aliphatic rings. The number of fused-ring (bicyclic) bond motifs is 1. The van der Waals surface area contributed by atoms with Gasteiger partial charge in [-0.3, -0.25) is 9.59 Å². The molecule has 3 aromatic rings. The monoisotopic (exact) mass is 553 g/mol. The van der Waals surface area contributed by atoms with E-state index in [1.54, 1.807) is 41.3 Å². The van der Waals surface area contributed by atoms with Crippen molar-refractivity contribution < 1.29 is 27.6 Å². The third kappa shape index (κ3) is 6.90. The van der Waals surface area contributed by atoms with Crippen molar-refractivity contribution in [2.45, 2.75) is 44.9 Å². The minimum absolute atomic E-state index is 0.0468. The SMILES string of the molecule is CC(=O)Nc1cccc([C@H](CCC(N)=O)NC(=O)N2CCc3c(cc(N)cc3-c3ccc(C(F)(F)F)cc3)C2)c1. The van der Waals surface area contributed by atoms with Crippen molar-refractivity contribution in [3.8, 4) is 11.1 Å². The first-order chi connectivity index (χ1) is 18.9. The van der Waals surface area contributed by atoms with Gasteiger partial charge in [-0.25, -0.2) is 4.79 Å². The number of nitrogens with one attached hydrogen (secondary N) is 2. The van der Waals surface area contributed by atoms with Crippen LogP contribution >= 0.6 is 0 Å². The fourth-order valence-corrected chi connectivity index (χ4v) is 4.88. The summed E-state index contributed by atoms with van der Waals surface area (Å²) in [5, 5.41) is 5.69. The first-order valence-corrected chi connectivity index (χ1v) is 12.7. The van der Waals surface area contributed by atoms with Crippen molar-refractivity contribution in [1.29, 1.82) is 0 Å². The molecule has 11 heteroatoms. The van der Waals surface area contributed by atoms with Gasteiger partial charge in [-0.15, -0.1) is 0 Å². The molecule has 0 radical (unpaired) electrons. The lowest BCUT2D eigenvalue weighted by Crippen LogP contribution is -2.44. The van der Waals surface area contributed by atoms with E-state index in [0.717, 1.165) is 28.8 Å². The van der Waals surface area contributed by atoms with Gasteiger partial charge in [0, 0.05) is 37.8 Å². The summed E-state index contributed by atoms with van der Waals surface area (Å²) >= 11 is 0. The largest absolute Gasteiger partial charge is 0.416 e. The van der Waals surface area contributed by atoms with E-state index >= 15 is 0 Å². The Balaban J connectivity index is 1.55. The lowest BCUT2D eigenvalue weighted by molar-refractivity contribution is -0.137. The molecule has 8 nitrogen and oxygen atoms in total. The Kier molecular flexibility index (Phi) is 8.32. The van der Waals surface area contributed by atoms with Gasteiger partial charge in [0.05, 0.1) is 11.6 Å². The average molecular weight is 554 g/mol. The van der Waals surface area contributed by atoms with Crippen molar-refractivity contribution in [2.75, 3.05) is 17.6 Å². The normalized spacial score (nSPS) is 13.8. The van der Waals surface area contributed by atoms with E-state index < -0.39 is 23.7 Å². The minimum atomic E-state index is -4.43. The van der Waals surface area contributed by atoms with Gasteiger partial charge in [0.25, 0.3) is 0 Å². The number of nitrogens with two attached hydrogens (primary N) is 2. The summed E-state index contributed by atoms with van der Waals surface area (Å²) in [6, 6.07) is 14.5. The summed E-state index contributed by atoms with van der Waals surface area (Å²) in [6.07, 6.45) is -3.64. The molecule has 0 aliphatic carbocycles. The number of alkyl halides is 3. The molecule has 4 amide bonds. The predicted molar refractivity (Wildman–Crippen MR) is 146 cm³/mol. The van der Waals surface area contributed by atoms with Crippen LogP contribution in [0.2, 0.25) is 0 Å². The standard InChI is InChI=1S/C29H30F3N5O3/c1-17(38)35-23-4-2-3-19(14-23)26(9-10-27(34)39)36-28(40)37-12-11-24-20(16-37)13-22(33)15-25(24)18-5-7-21(8-6-18)29(30,31)32/h2-8,13-15,26H,9-12,16,33H2,1H3,(H2,34,39)(H,35,38)(H,36,40)/t26-/m0/s1. The number of rotatable bonds is 7. The van der Waals surface area contributed by atoms with Crippen LogP contribution in [0, 0.1) is 0 Å². The molecule has 0 bridgehead atoms. The highest BCUT2D eigenvalue weighted by atomic mass is 19.4. The number of carbonyl (C=O) groups is 3. The maximum atomic E-state index is 13.4. The van der Waals surface area contributed by atoms with Crippen molar-refractivity contribution in [3.05, 3.63) is 82.9 Å². The van der Waals surface area contributed by atoms with Gasteiger partial charge in [-0.1, -0.05) is 24.3 Å². The van der Waals surface area contributed by atoms with Gasteiger partial charge in [-0.2, -0.15) is 13.2 Å². The fourth-order valence-electron chi connectivity index (χ4n) is 4.88. The van der Waals surface area contributed by atoms with Crippen LogP contribution in [0.25, 0.3) is 11.1 Å². The molecule has 1 aliphatic heterocycles. The third-order valence-corrected chi connectivity index (χ3v) is 6.75. The molecule has 0 fully saturated rings. The summed E-state index contributed by atoms with van der Waals surface area (Å²) < 4.78 is 39.1. The molecule has 1 atom stereocenters. The molecule has 1 heterocycles. The summed E-state index contributed by atoms with van der Waals surface area (Å²) in [4.78, 5) is 38.0. The number of primary amides is 1. The van der Waals surface area contributed by atoms with E-state index in [0.29, 0.717) is 35.5 Å². The Morgan fingerprint density at radius 1 is 1.05 bits per heavy atom. The number of urea groups is 1. The van der Waals surface area contributed by atoms with E-state index in [1.807, 2.05) is 0 Å². The number of nitrogen functional groups attached to an aromatic ring is 1. The number of anilines is 2. The summed E-state index contributed by atoms with van der Waals surface area (Å²) in [7, 11) is 0. The molecule has 3 aromatic carbocycles. The molecule has 210 valence electrons. The molecule has 4 rings (SSSR count). The third-order valence-electron chi connectivity index (χ3n) is 6.75. The Labute approximate surface area is 229 Å². The Bertz CT molecular complexity index is 1420. The number of halogens is 3. The number of hydrogen-bond acceptors (Lipinski definition) is 4. The number of hydrogen-bond donors (Lipinski definition) is 4. The summed E-state index contributed by atoms with van der Waals surface area (Å²) in [5.74, 6) is -0.743. The molecule has 40 heavy (non-hydrogen) atoms. The molecule has 0 saturated heterocycles. The van der Waals surface area contributed by atoms with Gasteiger partial charge in [0.1, 0.15) is 0 Å². The molecular formula is C29H30F3N5O3. The van der Waals surface area contributed by atoms with Gasteiger partial charge in [0.15, 0.2) is 0 Å². The molecular weight excluding hydrogens is 523 g/mol. The first-order valence-electron chi connectivity index (χ1n) is 12.7. The Morgan fingerprint density at radius 2 is 1.77 bits per heavy atom. The number of amides is 4. The fraction of sp³-hybridized carbons (Fsp3) is 0.276. The lowest BCUT2D eigenvalue weighted by Gasteiger charge is -2.32. The van der Waals surface area contributed by atoms with Crippen LogP contribution in [-0.4, -0.2) is 29.3 Å². The quantitative estimate of drug-likeness (QED) is 0.307. The van der Waals surface area contributed by atoms with Crippen molar-refractivity contribution in [1.82, 2.24) is 10.2 Å². The minimum Gasteiger partial charge on any atom is -0.399 e. The van der Waals surface area contributed by atoms with E-state index in [-0.39, 0.29) is 31.3 Å². The maximum Gasteiger partial charge on any atom is 0.416 e. The zero-order valence-electron chi connectivity index (χ0n) is 21.8. The van der Waals surface area contributed by atoms with E-state index in [9.17, 15) is 27.6 Å². The Morgan fingerprint density at radius 3 is 2.42 bits per heavy atom. The summed E-state index contributed by atoms with van der Waals surface area (Å²) in [5.41, 5.74) is 15.5. The number of carbonyl (C=O) groups excluding carboxylic acids is 3. The van der Waals surface area contributed by atoms with E-state index in [1.165, 1.54) is 19.1 Å². The second-order valence-corrected chi connectivity index (χ2v) is 9.77. The Hall–Kier alpha value is -4.54. The molecule has 0 unspecified atom stereocenters. The van der Waals surface area contributed by atoms with E-state index in [4.69, 9.17) is 11.5 Å². The van der Waals surface area contributed by atoms with Crippen LogP contribution in [0.4, 0.5) is 29.3 Å². The van der Waals surface area contributed by atoms with Crippen LogP contribution < -0.4 is 22.1 Å². The van der Waals surface area contributed by atoms with Crippen LogP contribution in [0.15, 0.2) is 60.7 Å². The maximum absolute atomic E-state index is 13.4. The number of benzene rings is 3.